The van der Waals surface area contributed by atoms with E-state index < -0.39 is 16.1 Å². The summed E-state index contributed by atoms with van der Waals surface area (Å²) in [5.41, 5.74) is 2.27. The lowest BCUT2D eigenvalue weighted by molar-refractivity contribution is -0.138. The lowest BCUT2D eigenvalue weighted by atomic mass is 10.2. The molecule has 2 aliphatic rings. The van der Waals surface area contributed by atoms with Crippen LogP contribution in [-0.4, -0.2) is 72.4 Å². The number of amides is 1. The van der Waals surface area contributed by atoms with E-state index >= 15 is 0 Å². The van der Waals surface area contributed by atoms with Crippen LogP contribution >= 0.6 is 0 Å². The molecule has 1 N–H and O–H groups in total. The Kier molecular flexibility index (Phi) is 5.25. The van der Waals surface area contributed by atoms with Crippen LogP contribution in [0, 0.1) is 0 Å². The SMILES string of the molecule is O=C(C1CCCN1S(=O)(=O)c1ccc2nc(-c3ccccc3)[nH]c2c1)N1CCOCC1. The molecule has 3 aromatic rings. The van der Waals surface area contributed by atoms with Gasteiger partial charge in [-0.25, -0.2) is 13.4 Å². The molecule has 0 bridgehead atoms. The van der Waals surface area contributed by atoms with Gasteiger partial charge in [-0.1, -0.05) is 30.3 Å². The van der Waals surface area contributed by atoms with Crippen molar-refractivity contribution in [3.63, 3.8) is 0 Å². The van der Waals surface area contributed by atoms with Gasteiger partial charge in [-0.2, -0.15) is 4.31 Å². The van der Waals surface area contributed by atoms with Crippen molar-refractivity contribution in [1.29, 1.82) is 0 Å². The van der Waals surface area contributed by atoms with Gasteiger partial charge in [-0.05, 0) is 31.0 Å². The molecule has 0 spiro atoms. The highest BCUT2D eigenvalue weighted by molar-refractivity contribution is 7.89. The van der Waals surface area contributed by atoms with E-state index in [2.05, 4.69) is 9.97 Å². The van der Waals surface area contributed by atoms with Gasteiger partial charge in [0.1, 0.15) is 11.9 Å². The summed E-state index contributed by atoms with van der Waals surface area (Å²) in [6, 6.07) is 13.9. The number of benzene rings is 2. The molecule has 0 saturated carbocycles. The fourth-order valence-corrected chi connectivity index (χ4v) is 5.96. The Morgan fingerprint density at radius 2 is 1.84 bits per heavy atom. The first-order chi connectivity index (χ1) is 15.0. The maximum Gasteiger partial charge on any atom is 0.243 e. The molecule has 0 radical (unpaired) electrons. The van der Waals surface area contributed by atoms with E-state index in [9.17, 15) is 13.2 Å². The number of aromatic nitrogens is 2. The third-order valence-electron chi connectivity index (χ3n) is 5.92. The van der Waals surface area contributed by atoms with Crippen molar-refractivity contribution >= 4 is 27.0 Å². The zero-order valence-corrected chi connectivity index (χ0v) is 17.8. The predicted molar refractivity (Wildman–Crippen MR) is 116 cm³/mol. The van der Waals surface area contributed by atoms with Crippen molar-refractivity contribution in [2.75, 3.05) is 32.8 Å². The molecule has 3 heterocycles. The standard InChI is InChI=1S/C22H24N4O4S/c27-22(25-11-13-30-14-12-25)20-7-4-10-26(20)31(28,29)17-8-9-18-19(15-17)24-21(23-18)16-5-2-1-3-6-16/h1-3,5-6,8-9,15,20H,4,7,10-14H2,(H,23,24). The smallest absolute Gasteiger partial charge is 0.243 e. The van der Waals surface area contributed by atoms with Crippen molar-refractivity contribution in [1.82, 2.24) is 19.2 Å². The number of hydrogen-bond acceptors (Lipinski definition) is 5. The van der Waals surface area contributed by atoms with E-state index in [-0.39, 0.29) is 10.8 Å². The van der Waals surface area contributed by atoms with Gasteiger partial charge in [0.25, 0.3) is 0 Å². The van der Waals surface area contributed by atoms with Crippen molar-refractivity contribution < 1.29 is 17.9 Å². The molecule has 2 fully saturated rings. The molecule has 1 amide bonds. The Morgan fingerprint density at radius 3 is 2.61 bits per heavy atom. The fraction of sp³-hybridized carbons (Fsp3) is 0.364. The van der Waals surface area contributed by atoms with Crippen molar-refractivity contribution in [2.24, 2.45) is 0 Å². The van der Waals surface area contributed by atoms with E-state index in [1.54, 1.807) is 23.1 Å². The van der Waals surface area contributed by atoms with Crippen LogP contribution < -0.4 is 0 Å². The van der Waals surface area contributed by atoms with Crippen molar-refractivity contribution in [3.8, 4) is 11.4 Å². The molecule has 1 aromatic heterocycles. The van der Waals surface area contributed by atoms with E-state index in [0.29, 0.717) is 62.5 Å². The van der Waals surface area contributed by atoms with Crippen molar-refractivity contribution in [3.05, 3.63) is 48.5 Å². The molecule has 0 aliphatic carbocycles. The van der Waals surface area contributed by atoms with Gasteiger partial charge < -0.3 is 14.6 Å². The van der Waals surface area contributed by atoms with Crippen LogP contribution in [0.1, 0.15) is 12.8 Å². The number of fused-ring (bicyclic) bond motifs is 1. The van der Waals surface area contributed by atoms with Crippen LogP contribution in [0.4, 0.5) is 0 Å². The van der Waals surface area contributed by atoms with Crippen LogP contribution in [0.2, 0.25) is 0 Å². The Hall–Kier alpha value is -2.75. The molecule has 1 unspecified atom stereocenters. The summed E-state index contributed by atoms with van der Waals surface area (Å²) in [6.07, 6.45) is 1.21. The van der Waals surface area contributed by atoms with Crippen LogP contribution in [0.3, 0.4) is 0 Å². The predicted octanol–water partition coefficient (Wildman–Crippen LogP) is 2.24. The maximum absolute atomic E-state index is 13.4. The molecule has 1 atom stereocenters. The number of aromatic amines is 1. The van der Waals surface area contributed by atoms with Crippen LogP contribution in [0.25, 0.3) is 22.4 Å². The topological polar surface area (TPSA) is 95.6 Å². The Labute approximate surface area is 180 Å². The summed E-state index contributed by atoms with van der Waals surface area (Å²) in [4.78, 5) is 22.7. The minimum Gasteiger partial charge on any atom is -0.378 e. The van der Waals surface area contributed by atoms with E-state index in [1.165, 1.54) is 4.31 Å². The third-order valence-corrected chi connectivity index (χ3v) is 7.82. The van der Waals surface area contributed by atoms with Crippen LogP contribution in [-0.2, 0) is 19.6 Å². The quantitative estimate of drug-likeness (QED) is 0.671. The lowest BCUT2D eigenvalue weighted by Gasteiger charge is -2.32. The molecule has 2 aromatic carbocycles. The number of morpholine rings is 1. The summed E-state index contributed by atoms with van der Waals surface area (Å²) in [6.45, 7) is 2.34. The fourth-order valence-electron chi connectivity index (χ4n) is 4.29. The van der Waals surface area contributed by atoms with Gasteiger partial charge in [-0.15, -0.1) is 0 Å². The van der Waals surface area contributed by atoms with Gasteiger partial charge in [0.15, 0.2) is 0 Å². The first-order valence-electron chi connectivity index (χ1n) is 10.5. The largest absolute Gasteiger partial charge is 0.378 e. The zero-order chi connectivity index (χ0) is 21.4. The summed E-state index contributed by atoms with van der Waals surface area (Å²) in [5, 5.41) is 0. The summed E-state index contributed by atoms with van der Waals surface area (Å²) < 4.78 is 33.6. The molecule has 2 aliphatic heterocycles. The summed E-state index contributed by atoms with van der Waals surface area (Å²) in [7, 11) is -3.81. The number of ether oxygens (including phenoxy) is 1. The van der Waals surface area contributed by atoms with Gasteiger partial charge in [0, 0.05) is 25.2 Å². The average Bonchev–Trinajstić information content (AvgIpc) is 3.47. The molecule has 2 saturated heterocycles. The van der Waals surface area contributed by atoms with Gasteiger partial charge >= 0.3 is 0 Å². The number of carbonyl (C=O) groups is 1. The van der Waals surface area contributed by atoms with Crippen LogP contribution in [0.5, 0.6) is 0 Å². The van der Waals surface area contributed by atoms with E-state index in [4.69, 9.17) is 4.74 Å². The highest BCUT2D eigenvalue weighted by Crippen LogP contribution is 2.29. The average molecular weight is 441 g/mol. The van der Waals surface area contributed by atoms with E-state index in [0.717, 1.165) is 5.56 Å². The number of sulfonamides is 1. The van der Waals surface area contributed by atoms with Gasteiger partial charge in [-0.3, -0.25) is 4.79 Å². The minimum absolute atomic E-state index is 0.127. The highest BCUT2D eigenvalue weighted by Gasteiger charge is 2.41. The van der Waals surface area contributed by atoms with Gasteiger partial charge in [0.2, 0.25) is 15.9 Å². The summed E-state index contributed by atoms with van der Waals surface area (Å²) in [5.74, 6) is 0.560. The second-order valence-electron chi connectivity index (χ2n) is 7.84. The molecule has 9 heteroatoms. The normalized spacial score (nSPS) is 20.4. The Balaban J connectivity index is 1.44. The van der Waals surface area contributed by atoms with Crippen LogP contribution in [0.15, 0.2) is 53.4 Å². The highest BCUT2D eigenvalue weighted by atomic mass is 32.2. The number of nitrogens with one attached hydrogen (secondary N) is 1. The minimum atomic E-state index is -3.81. The second kappa shape index (κ2) is 8.07. The Morgan fingerprint density at radius 1 is 1.06 bits per heavy atom. The molecule has 8 nitrogen and oxygen atoms in total. The number of imidazole rings is 1. The first kappa shape index (κ1) is 20.2. The monoisotopic (exact) mass is 440 g/mol. The molecule has 162 valence electrons. The first-order valence-corrected chi connectivity index (χ1v) is 11.9. The zero-order valence-electron chi connectivity index (χ0n) is 17.0. The Bertz CT molecular complexity index is 1200. The molecule has 5 rings (SSSR count). The second-order valence-corrected chi connectivity index (χ2v) is 9.73. The number of hydrogen-bond donors (Lipinski definition) is 1. The lowest BCUT2D eigenvalue weighted by Crippen LogP contribution is -2.50. The number of nitrogens with zero attached hydrogens (tertiary/aromatic N) is 3. The molecular formula is C22H24N4O4S. The number of carbonyl (C=O) groups excluding carboxylic acids is 1. The molecule has 31 heavy (non-hydrogen) atoms. The van der Waals surface area contributed by atoms with Gasteiger partial charge in [0.05, 0.1) is 29.1 Å². The third kappa shape index (κ3) is 3.73. The summed E-state index contributed by atoms with van der Waals surface area (Å²) >= 11 is 0. The number of H-pyrrole nitrogens is 1. The number of rotatable bonds is 4. The maximum atomic E-state index is 13.4. The van der Waals surface area contributed by atoms with E-state index in [1.807, 2.05) is 30.3 Å². The molecular weight excluding hydrogens is 416 g/mol. The van der Waals surface area contributed by atoms with Crippen molar-refractivity contribution in [2.45, 2.75) is 23.8 Å².